The summed E-state index contributed by atoms with van der Waals surface area (Å²) in [5, 5.41) is 18.8. The summed E-state index contributed by atoms with van der Waals surface area (Å²) in [5.41, 5.74) is 1.01. The molecule has 0 bridgehead atoms. The first-order valence-electron chi connectivity index (χ1n) is 6.17. The first-order valence-corrected chi connectivity index (χ1v) is 6.17. The van der Waals surface area contributed by atoms with Crippen molar-refractivity contribution < 1.29 is 10.2 Å². The van der Waals surface area contributed by atoms with E-state index >= 15 is 0 Å². The molecule has 1 atom stereocenters. The molecule has 0 spiro atoms. The molecule has 0 saturated carbocycles. The normalized spacial score (nSPS) is 13.7. The van der Waals surface area contributed by atoms with Gasteiger partial charge in [0.1, 0.15) is 0 Å². The number of pyridine rings is 1. The molecule has 1 unspecified atom stereocenters. The van der Waals surface area contributed by atoms with Gasteiger partial charge in [-0.1, -0.05) is 18.2 Å². The van der Waals surface area contributed by atoms with Gasteiger partial charge in [-0.05, 0) is 25.6 Å². The van der Waals surface area contributed by atoms with E-state index in [1.165, 1.54) is 0 Å². The van der Waals surface area contributed by atoms with Crippen LogP contribution in [-0.2, 0) is 0 Å². The summed E-state index contributed by atoms with van der Waals surface area (Å²) in [4.78, 5) is 6.22. The van der Waals surface area contributed by atoms with Crippen LogP contribution >= 0.6 is 0 Å². The van der Waals surface area contributed by atoms with Gasteiger partial charge in [0.25, 0.3) is 0 Å². The first-order chi connectivity index (χ1) is 8.74. The van der Waals surface area contributed by atoms with Crippen LogP contribution in [0.15, 0.2) is 36.7 Å². The van der Waals surface area contributed by atoms with Crippen LogP contribution in [0.4, 0.5) is 0 Å². The molecule has 0 amide bonds. The van der Waals surface area contributed by atoms with Gasteiger partial charge < -0.3 is 10.2 Å². The van der Waals surface area contributed by atoms with E-state index in [1.807, 2.05) is 32.2 Å². The molecular weight excluding hydrogens is 228 g/mol. The Labute approximate surface area is 109 Å². The highest BCUT2D eigenvalue weighted by Crippen LogP contribution is 2.26. The lowest BCUT2D eigenvalue weighted by molar-refractivity contribution is 0.0746. The number of hydrogen-bond donors (Lipinski definition) is 2. The quantitative estimate of drug-likeness (QED) is 0.715. The largest absolute Gasteiger partial charge is 0.396 e. The number of hydrogen-bond acceptors (Lipinski definition) is 4. The van der Waals surface area contributed by atoms with Gasteiger partial charge in [0.2, 0.25) is 0 Å². The van der Waals surface area contributed by atoms with E-state index in [1.54, 1.807) is 12.4 Å². The molecule has 1 rings (SSSR count). The first kappa shape index (κ1) is 14.8. The zero-order valence-corrected chi connectivity index (χ0v) is 11.0. The van der Waals surface area contributed by atoms with Crippen molar-refractivity contribution in [2.75, 3.05) is 26.8 Å². The fraction of sp³-hybridized carbons (Fsp3) is 0.500. The minimum absolute atomic E-state index is 0.0371. The predicted octanol–water partition coefficient (Wildman–Crippen LogP) is 1.23. The average Bonchev–Trinajstić information content (AvgIpc) is 2.43. The number of nitrogens with zero attached hydrogens (tertiary/aromatic N) is 2. The van der Waals surface area contributed by atoms with Crippen molar-refractivity contribution in [1.29, 1.82) is 0 Å². The van der Waals surface area contributed by atoms with Crippen molar-refractivity contribution in [3.05, 3.63) is 42.2 Å². The third-order valence-corrected chi connectivity index (χ3v) is 3.05. The second-order valence-electron chi connectivity index (χ2n) is 4.37. The van der Waals surface area contributed by atoms with Crippen LogP contribution < -0.4 is 0 Å². The summed E-state index contributed by atoms with van der Waals surface area (Å²) in [6.45, 7) is 2.65. The number of aliphatic hydroxyl groups excluding tert-OH is 2. The average molecular weight is 250 g/mol. The monoisotopic (exact) mass is 250 g/mol. The molecule has 0 saturated heterocycles. The molecule has 1 heterocycles. The van der Waals surface area contributed by atoms with E-state index in [9.17, 15) is 10.2 Å². The third kappa shape index (κ3) is 3.91. The van der Waals surface area contributed by atoms with E-state index in [2.05, 4.69) is 16.0 Å². The molecule has 0 radical (unpaired) electrons. The Morgan fingerprint density at radius 2 is 2.11 bits per heavy atom. The maximum atomic E-state index is 9.41. The number of allylic oxidation sites excluding steroid dienone is 1. The van der Waals surface area contributed by atoms with Crippen molar-refractivity contribution in [1.82, 2.24) is 9.88 Å². The van der Waals surface area contributed by atoms with E-state index in [0.29, 0.717) is 0 Å². The van der Waals surface area contributed by atoms with Crippen molar-refractivity contribution in [3.63, 3.8) is 0 Å². The van der Waals surface area contributed by atoms with Gasteiger partial charge in [0, 0.05) is 44.1 Å². The second kappa shape index (κ2) is 7.97. The fourth-order valence-electron chi connectivity index (χ4n) is 2.08. The van der Waals surface area contributed by atoms with Gasteiger partial charge >= 0.3 is 0 Å². The second-order valence-corrected chi connectivity index (χ2v) is 4.37. The highest BCUT2D eigenvalue weighted by Gasteiger charge is 2.25. The van der Waals surface area contributed by atoms with E-state index < -0.39 is 0 Å². The Morgan fingerprint density at radius 1 is 1.39 bits per heavy atom. The van der Waals surface area contributed by atoms with E-state index in [4.69, 9.17) is 0 Å². The summed E-state index contributed by atoms with van der Waals surface area (Å²) < 4.78 is 0. The topological polar surface area (TPSA) is 56.6 Å². The molecule has 100 valence electrons. The van der Waals surface area contributed by atoms with Crippen LogP contribution in [0, 0.1) is 5.92 Å². The Kier molecular flexibility index (Phi) is 6.57. The minimum Gasteiger partial charge on any atom is -0.396 e. The smallest absolute Gasteiger partial charge is 0.0499 e. The molecule has 4 nitrogen and oxygen atoms in total. The van der Waals surface area contributed by atoms with Crippen LogP contribution in [0.1, 0.15) is 18.5 Å². The SMILES string of the molecule is CC=CCN(C)C(c1cccnc1)C(CO)CO. The summed E-state index contributed by atoms with van der Waals surface area (Å²) in [6, 6.07) is 3.81. The van der Waals surface area contributed by atoms with Gasteiger partial charge in [-0.3, -0.25) is 9.88 Å². The van der Waals surface area contributed by atoms with Crippen LogP contribution in [0.5, 0.6) is 0 Å². The highest BCUT2D eigenvalue weighted by molar-refractivity contribution is 5.15. The highest BCUT2D eigenvalue weighted by atomic mass is 16.3. The predicted molar refractivity (Wildman–Crippen MR) is 72.1 cm³/mol. The maximum Gasteiger partial charge on any atom is 0.0499 e. The molecule has 0 aromatic carbocycles. The number of rotatable bonds is 7. The number of aromatic nitrogens is 1. The molecule has 18 heavy (non-hydrogen) atoms. The van der Waals surface area contributed by atoms with E-state index in [-0.39, 0.29) is 25.2 Å². The van der Waals surface area contributed by atoms with E-state index in [0.717, 1.165) is 12.1 Å². The molecule has 2 N–H and O–H groups in total. The van der Waals surface area contributed by atoms with Crippen LogP contribution in [0.2, 0.25) is 0 Å². The van der Waals surface area contributed by atoms with Gasteiger partial charge in [-0.25, -0.2) is 0 Å². The summed E-state index contributed by atoms with van der Waals surface area (Å²) in [5.74, 6) is -0.204. The molecule has 0 aliphatic rings. The van der Waals surface area contributed by atoms with Gasteiger partial charge in [-0.2, -0.15) is 0 Å². The molecule has 0 aliphatic carbocycles. The van der Waals surface area contributed by atoms with Crippen molar-refractivity contribution >= 4 is 0 Å². The number of likely N-dealkylation sites (N-methyl/N-ethyl adjacent to an activating group) is 1. The van der Waals surface area contributed by atoms with Crippen LogP contribution in [0.3, 0.4) is 0 Å². The molecule has 0 aliphatic heterocycles. The van der Waals surface area contributed by atoms with Crippen LogP contribution in [0.25, 0.3) is 0 Å². The molecule has 1 aromatic rings. The van der Waals surface area contributed by atoms with Gasteiger partial charge in [-0.15, -0.1) is 0 Å². The van der Waals surface area contributed by atoms with Crippen molar-refractivity contribution in [2.45, 2.75) is 13.0 Å². The zero-order chi connectivity index (χ0) is 13.4. The summed E-state index contributed by atoms with van der Waals surface area (Å²) >= 11 is 0. The number of aliphatic hydroxyl groups is 2. The molecule has 1 aromatic heterocycles. The molecule has 0 fully saturated rings. The lowest BCUT2D eigenvalue weighted by Crippen LogP contribution is -2.34. The minimum atomic E-state index is -0.204. The maximum absolute atomic E-state index is 9.41. The lowest BCUT2D eigenvalue weighted by atomic mass is 9.94. The van der Waals surface area contributed by atoms with Crippen LogP contribution in [-0.4, -0.2) is 46.9 Å². The standard InChI is InChI=1S/C14H22N2O2/c1-3-4-8-16(2)14(13(10-17)11-18)12-6-5-7-15-9-12/h3-7,9,13-14,17-18H,8,10-11H2,1-2H3. The third-order valence-electron chi connectivity index (χ3n) is 3.05. The molecule has 4 heteroatoms. The van der Waals surface area contributed by atoms with Crippen molar-refractivity contribution in [2.24, 2.45) is 5.92 Å². The summed E-state index contributed by atoms with van der Waals surface area (Å²) in [7, 11) is 1.98. The summed E-state index contributed by atoms with van der Waals surface area (Å²) in [6.07, 6.45) is 7.55. The van der Waals surface area contributed by atoms with Gasteiger partial charge in [0.05, 0.1) is 0 Å². The zero-order valence-electron chi connectivity index (χ0n) is 11.0. The molecular formula is C14H22N2O2. The van der Waals surface area contributed by atoms with Crippen molar-refractivity contribution in [3.8, 4) is 0 Å². The van der Waals surface area contributed by atoms with Gasteiger partial charge in [0.15, 0.2) is 0 Å². The Bertz CT molecular complexity index is 350. The fourth-order valence-corrected chi connectivity index (χ4v) is 2.08. The Morgan fingerprint density at radius 3 is 2.61 bits per heavy atom. The Hall–Kier alpha value is -1.23. The lowest BCUT2D eigenvalue weighted by Gasteiger charge is -2.32. The Balaban J connectivity index is 2.94.